The van der Waals surface area contributed by atoms with Crippen molar-refractivity contribution >= 4 is 11.8 Å². The van der Waals surface area contributed by atoms with E-state index in [0.717, 1.165) is 36.8 Å². The van der Waals surface area contributed by atoms with E-state index >= 15 is 0 Å². The van der Waals surface area contributed by atoms with Crippen molar-refractivity contribution < 1.29 is 9.59 Å². The van der Waals surface area contributed by atoms with Crippen molar-refractivity contribution in [1.82, 2.24) is 10.2 Å². The van der Waals surface area contributed by atoms with Crippen LogP contribution in [0.2, 0.25) is 0 Å². The maximum Gasteiger partial charge on any atom is 0.225 e. The van der Waals surface area contributed by atoms with Crippen LogP contribution >= 0.6 is 0 Å². The second-order valence-corrected chi connectivity index (χ2v) is 7.59. The highest BCUT2D eigenvalue weighted by Crippen LogP contribution is 2.30. The zero-order valence-electron chi connectivity index (χ0n) is 16.6. The molecule has 0 unspecified atom stereocenters. The number of amides is 2. The molecule has 3 rings (SSSR count). The van der Waals surface area contributed by atoms with Gasteiger partial charge in [0.05, 0.1) is 0 Å². The highest BCUT2D eigenvalue weighted by atomic mass is 16.2. The van der Waals surface area contributed by atoms with Crippen LogP contribution in [-0.4, -0.2) is 23.3 Å². The summed E-state index contributed by atoms with van der Waals surface area (Å²) < 4.78 is 0. The summed E-state index contributed by atoms with van der Waals surface area (Å²) in [6, 6.07) is 20.1. The van der Waals surface area contributed by atoms with Gasteiger partial charge >= 0.3 is 0 Å². The van der Waals surface area contributed by atoms with Gasteiger partial charge in [-0.25, -0.2) is 0 Å². The lowest BCUT2D eigenvalue weighted by atomic mass is 9.81. The van der Waals surface area contributed by atoms with Crippen molar-refractivity contribution in [2.75, 3.05) is 6.54 Å². The largest absolute Gasteiger partial charge is 0.352 e. The van der Waals surface area contributed by atoms with Crippen LogP contribution in [0.1, 0.15) is 43.7 Å². The summed E-state index contributed by atoms with van der Waals surface area (Å²) in [5, 5.41) is 3.05. The highest BCUT2D eigenvalue weighted by Gasteiger charge is 2.31. The SMILES string of the molecule is CCN(Cc1ccccc1)C(=O)C1CCC(C(=O)NCc2ccccc2)CC1. The molecule has 0 aliphatic heterocycles. The molecule has 4 nitrogen and oxygen atoms in total. The lowest BCUT2D eigenvalue weighted by molar-refractivity contribution is -0.138. The van der Waals surface area contributed by atoms with Crippen LogP contribution in [0.15, 0.2) is 60.7 Å². The van der Waals surface area contributed by atoms with Crippen LogP contribution in [0, 0.1) is 11.8 Å². The minimum Gasteiger partial charge on any atom is -0.352 e. The van der Waals surface area contributed by atoms with Gasteiger partial charge in [0, 0.05) is 31.5 Å². The molecule has 2 aromatic carbocycles. The lowest BCUT2D eigenvalue weighted by Crippen LogP contribution is -2.39. The molecule has 0 aromatic heterocycles. The molecular weight excluding hydrogens is 348 g/mol. The van der Waals surface area contributed by atoms with E-state index in [2.05, 4.69) is 17.4 Å². The Bertz CT molecular complexity index is 753. The fourth-order valence-electron chi connectivity index (χ4n) is 3.94. The third-order valence-corrected chi connectivity index (χ3v) is 5.67. The summed E-state index contributed by atoms with van der Waals surface area (Å²) in [7, 11) is 0. The number of nitrogens with one attached hydrogen (secondary N) is 1. The standard InChI is InChI=1S/C24H30N2O2/c1-2-26(18-20-11-7-4-8-12-20)24(28)22-15-13-21(14-16-22)23(27)25-17-19-9-5-3-6-10-19/h3-12,21-22H,2,13-18H2,1H3,(H,25,27). The first-order valence-electron chi connectivity index (χ1n) is 10.3. The Labute approximate surface area is 167 Å². The normalized spacial score (nSPS) is 19.0. The first-order valence-corrected chi connectivity index (χ1v) is 10.3. The van der Waals surface area contributed by atoms with Crippen molar-refractivity contribution in [3.63, 3.8) is 0 Å². The first kappa shape index (κ1) is 20.1. The minimum atomic E-state index is 0.0250. The van der Waals surface area contributed by atoms with Crippen molar-refractivity contribution in [2.24, 2.45) is 11.8 Å². The van der Waals surface area contributed by atoms with Crippen molar-refractivity contribution in [3.8, 4) is 0 Å². The maximum atomic E-state index is 12.9. The van der Waals surface area contributed by atoms with Gasteiger partial charge in [0.1, 0.15) is 0 Å². The number of hydrogen-bond acceptors (Lipinski definition) is 2. The van der Waals surface area contributed by atoms with Crippen molar-refractivity contribution in [3.05, 3.63) is 71.8 Å². The molecule has 1 aliphatic rings. The molecule has 28 heavy (non-hydrogen) atoms. The molecule has 0 bridgehead atoms. The summed E-state index contributed by atoms with van der Waals surface area (Å²) in [5.74, 6) is 0.416. The second-order valence-electron chi connectivity index (χ2n) is 7.59. The topological polar surface area (TPSA) is 49.4 Å². The van der Waals surface area contributed by atoms with Crippen molar-refractivity contribution in [2.45, 2.75) is 45.7 Å². The van der Waals surface area contributed by atoms with Gasteiger partial charge in [-0.3, -0.25) is 9.59 Å². The van der Waals surface area contributed by atoms with E-state index in [1.807, 2.05) is 60.4 Å². The fourth-order valence-corrected chi connectivity index (χ4v) is 3.94. The van der Waals surface area contributed by atoms with Gasteiger partial charge in [-0.1, -0.05) is 60.7 Å². The Morgan fingerprint density at radius 1 is 0.857 bits per heavy atom. The zero-order valence-corrected chi connectivity index (χ0v) is 16.6. The smallest absolute Gasteiger partial charge is 0.225 e. The molecule has 1 aliphatic carbocycles. The molecule has 0 saturated heterocycles. The molecule has 0 atom stereocenters. The summed E-state index contributed by atoms with van der Waals surface area (Å²) in [5.41, 5.74) is 2.27. The van der Waals surface area contributed by atoms with Crippen LogP contribution in [0.25, 0.3) is 0 Å². The third kappa shape index (κ3) is 5.44. The monoisotopic (exact) mass is 378 g/mol. The van der Waals surface area contributed by atoms with E-state index in [1.165, 1.54) is 0 Å². The number of carbonyl (C=O) groups is 2. The first-order chi connectivity index (χ1) is 13.7. The van der Waals surface area contributed by atoms with Crippen LogP contribution in [0.3, 0.4) is 0 Å². The average Bonchev–Trinajstić information content (AvgIpc) is 2.77. The summed E-state index contributed by atoms with van der Waals surface area (Å²) >= 11 is 0. The molecule has 1 N–H and O–H groups in total. The number of nitrogens with zero attached hydrogens (tertiary/aromatic N) is 1. The Balaban J connectivity index is 1.47. The van der Waals surface area contributed by atoms with Gasteiger partial charge < -0.3 is 10.2 Å². The van der Waals surface area contributed by atoms with Gasteiger partial charge in [0.25, 0.3) is 0 Å². The van der Waals surface area contributed by atoms with E-state index in [4.69, 9.17) is 0 Å². The number of hydrogen-bond donors (Lipinski definition) is 1. The summed E-state index contributed by atoms with van der Waals surface area (Å²) in [4.78, 5) is 27.4. The lowest BCUT2D eigenvalue weighted by Gasteiger charge is -2.31. The highest BCUT2D eigenvalue weighted by molar-refractivity contribution is 5.81. The van der Waals surface area contributed by atoms with Gasteiger partial charge in [-0.05, 0) is 43.7 Å². The van der Waals surface area contributed by atoms with E-state index in [9.17, 15) is 9.59 Å². The molecular formula is C24H30N2O2. The molecule has 2 amide bonds. The second kappa shape index (κ2) is 10.1. The predicted molar refractivity (Wildman–Crippen MR) is 111 cm³/mol. The Hall–Kier alpha value is -2.62. The van der Waals surface area contributed by atoms with Gasteiger partial charge in [-0.2, -0.15) is 0 Å². The maximum absolute atomic E-state index is 12.9. The predicted octanol–water partition coefficient (Wildman–Crippen LogP) is 4.16. The van der Waals surface area contributed by atoms with Gasteiger partial charge in [-0.15, -0.1) is 0 Å². The molecule has 0 spiro atoms. The fraction of sp³-hybridized carbons (Fsp3) is 0.417. The zero-order chi connectivity index (χ0) is 19.8. The Morgan fingerprint density at radius 2 is 1.39 bits per heavy atom. The number of carbonyl (C=O) groups excluding carboxylic acids is 2. The molecule has 0 heterocycles. The van der Waals surface area contributed by atoms with Crippen LogP contribution in [-0.2, 0) is 22.7 Å². The van der Waals surface area contributed by atoms with Gasteiger partial charge in [0.2, 0.25) is 11.8 Å². The van der Waals surface area contributed by atoms with E-state index < -0.39 is 0 Å². The molecule has 148 valence electrons. The van der Waals surface area contributed by atoms with Crippen molar-refractivity contribution in [1.29, 1.82) is 0 Å². The molecule has 1 fully saturated rings. The number of benzene rings is 2. The Morgan fingerprint density at radius 3 is 1.96 bits per heavy atom. The van der Waals surface area contributed by atoms with E-state index in [1.54, 1.807) is 0 Å². The minimum absolute atomic E-state index is 0.0250. The van der Waals surface area contributed by atoms with Crippen LogP contribution in [0.5, 0.6) is 0 Å². The average molecular weight is 379 g/mol. The summed E-state index contributed by atoms with van der Waals surface area (Å²) in [6.45, 7) is 3.97. The van der Waals surface area contributed by atoms with E-state index in [-0.39, 0.29) is 23.7 Å². The van der Waals surface area contributed by atoms with Gasteiger partial charge in [0.15, 0.2) is 0 Å². The quantitative estimate of drug-likeness (QED) is 0.786. The molecule has 2 aromatic rings. The van der Waals surface area contributed by atoms with Crippen LogP contribution in [0.4, 0.5) is 0 Å². The molecule has 0 radical (unpaired) electrons. The van der Waals surface area contributed by atoms with E-state index in [0.29, 0.717) is 19.6 Å². The summed E-state index contributed by atoms with van der Waals surface area (Å²) in [6.07, 6.45) is 3.18. The van der Waals surface area contributed by atoms with Crippen LogP contribution < -0.4 is 5.32 Å². The Kier molecular flexibility index (Phi) is 7.24. The number of rotatable bonds is 7. The molecule has 1 saturated carbocycles. The molecule has 4 heteroatoms. The third-order valence-electron chi connectivity index (χ3n) is 5.67.